The summed E-state index contributed by atoms with van der Waals surface area (Å²) >= 11 is 6.01. The Hall–Kier alpha value is -1.92. The van der Waals surface area contributed by atoms with Crippen LogP contribution in [0.2, 0.25) is 5.02 Å². The molecule has 1 aromatic carbocycles. The van der Waals surface area contributed by atoms with Crippen molar-refractivity contribution < 1.29 is 4.92 Å². The van der Waals surface area contributed by atoms with Gasteiger partial charge in [0.05, 0.1) is 10.6 Å². The maximum atomic E-state index is 10.7. The molecule has 0 aliphatic carbocycles. The molecule has 0 bridgehead atoms. The second-order valence-corrected chi connectivity index (χ2v) is 4.49. The number of benzene rings is 1. The first-order chi connectivity index (χ1) is 9.08. The second-order valence-electron chi connectivity index (χ2n) is 4.08. The van der Waals surface area contributed by atoms with Gasteiger partial charge in [0.15, 0.2) is 0 Å². The van der Waals surface area contributed by atoms with Gasteiger partial charge in [-0.25, -0.2) is 0 Å². The third-order valence-corrected chi connectivity index (χ3v) is 3.15. The maximum absolute atomic E-state index is 10.7. The molecule has 2 rings (SSSR count). The largest absolute Gasteiger partial charge is 0.307 e. The Morgan fingerprint density at radius 2 is 2.21 bits per heavy atom. The van der Waals surface area contributed by atoms with Crippen molar-refractivity contribution in [1.82, 2.24) is 15.1 Å². The minimum atomic E-state index is -0.430. The van der Waals surface area contributed by atoms with E-state index in [-0.39, 0.29) is 5.69 Å². The predicted molar refractivity (Wildman–Crippen MR) is 71.9 cm³/mol. The fraction of sp³-hybridized carbons (Fsp3) is 0.250. The van der Waals surface area contributed by atoms with Gasteiger partial charge in [0.1, 0.15) is 0 Å². The molecule has 2 aromatic rings. The summed E-state index contributed by atoms with van der Waals surface area (Å²) in [4.78, 5) is 10.3. The Bertz CT molecular complexity index is 597. The van der Waals surface area contributed by atoms with Crippen molar-refractivity contribution >= 4 is 17.3 Å². The normalized spacial score (nSPS) is 10.6. The van der Waals surface area contributed by atoms with E-state index < -0.39 is 4.92 Å². The van der Waals surface area contributed by atoms with E-state index in [1.807, 2.05) is 13.1 Å². The number of nitrogens with one attached hydrogen (secondary N) is 1. The van der Waals surface area contributed by atoms with Crippen LogP contribution >= 0.6 is 11.6 Å². The lowest BCUT2D eigenvalue weighted by molar-refractivity contribution is -0.384. The van der Waals surface area contributed by atoms with E-state index >= 15 is 0 Å². The van der Waals surface area contributed by atoms with E-state index in [1.54, 1.807) is 16.9 Å². The molecule has 0 aliphatic rings. The zero-order valence-electron chi connectivity index (χ0n) is 10.3. The molecule has 0 saturated carbocycles. The molecule has 19 heavy (non-hydrogen) atoms. The molecule has 100 valence electrons. The van der Waals surface area contributed by atoms with E-state index in [1.165, 1.54) is 12.1 Å². The van der Waals surface area contributed by atoms with Crippen LogP contribution in [-0.2, 0) is 20.1 Å². The minimum absolute atomic E-state index is 0.0433. The lowest BCUT2D eigenvalue weighted by Gasteiger charge is -2.07. The minimum Gasteiger partial charge on any atom is -0.307 e. The number of nitrogens with zero attached hydrogens (tertiary/aromatic N) is 3. The van der Waals surface area contributed by atoms with Crippen LogP contribution in [0.4, 0.5) is 5.69 Å². The SMILES string of the molecule is Cn1nccc1CNCc1cc([N+](=O)[O-])ccc1Cl. The number of rotatable bonds is 5. The molecule has 0 unspecified atom stereocenters. The highest BCUT2D eigenvalue weighted by Crippen LogP contribution is 2.21. The Kier molecular flexibility index (Phi) is 4.13. The van der Waals surface area contributed by atoms with E-state index in [4.69, 9.17) is 11.6 Å². The first-order valence-electron chi connectivity index (χ1n) is 5.68. The van der Waals surface area contributed by atoms with Crippen LogP contribution in [0.25, 0.3) is 0 Å². The number of aromatic nitrogens is 2. The molecule has 0 saturated heterocycles. The van der Waals surface area contributed by atoms with Crippen molar-refractivity contribution in [3.63, 3.8) is 0 Å². The topological polar surface area (TPSA) is 73.0 Å². The van der Waals surface area contributed by atoms with Crippen LogP contribution in [0.3, 0.4) is 0 Å². The van der Waals surface area contributed by atoms with E-state index in [9.17, 15) is 10.1 Å². The van der Waals surface area contributed by atoms with Gasteiger partial charge in [-0.1, -0.05) is 11.6 Å². The average Bonchev–Trinajstić information content (AvgIpc) is 2.77. The standard InChI is InChI=1S/C12H13ClN4O2/c1-16-11(4-5-15-16)8-14-7-9-6-10(17(18)19)2-3-12(9)13/h2-6,14H,7-8H2,1H3. The summed E-state index contributed by atoms with van der Waals surface area (Å²) in [5.74, 6) is 0. The van der Waals surface area contributed by atoms with Crippen LogP contribution in [0, 0.1) is 10.1 Å². The van der Waals surface area contributed by atoms with E-state index in [0.29, 0.717) is 23.7 Å². The highest BCUT2D eigenvalue weighted by molar-refractivity contribution is 6.31. The third-order valence-electron chi connectivity index (χ3n) is 2.78. The quantitative estimate of drug-likeness (QED) is 0.673. The lowest BCUT2D eigenvalue weighted by atomic mass is 10.2. The van der Waals surface area contributed by atoms with Gasteiger partial charge >= 0.3 is 0 Å². The molecule has 0 fully saturated rings. The third kappa shape index (κ3) is 3.30. The molecule has 0 spiro atoms. The molecule has 1 heterocycles. The summed E-state index contributed by atoms with van der Waals surface area (Å²) in [6, 6.07) is 6.33. The number of nitro groups is 1. The Labute approximate surface area is 115 Å². The smallest absolute Gasteiger partial charge is 0.269 e. The Morgan fingerprint density at radius 3 is 2.84 bits per heavy atom. The van der Waals surface area contributed by atoms with E-state index in [2.05, 4.69) is 10.4 Å². The number of hydrogen-bond donors (Lipinski definition) is 1. The van der Waals surface area contributed by atoms with Gasteiger partial charge in [-0.3, -0.25) is 14.8 Å². The summed E-state index contributed by atoms with van der Waals surface area (Å²) in [6.07, 6.45) is 1.72. The zero-order valence-corrected chi connectivity index (χ0v) is 11.1. The number of nitro benzene ring substituents is 1. The van der Waals surface area contributed by atoms with Crippen LogP contribution in [0.1, 0.15) is 11.3 Å². The predicted octanol–water partition coefficient (Wildman–Crippen LogP) is 2.27. The summed E-state index contributed by atoms with van der Waals surface area (Å²) in [5, 5.41) is 18.5. The summed E-state index contributed by atoms with van der Waals surface area (Å²) in [7, 11) is 1.86. The van der Waals surface area contributed by atoms with Gasteiger partial charge in [-0.15, -0.1) is 0 Å². The van der Waals surface area contributed by atoms with Crippen LogP contribution in [-0.4, -0.2) is 14.7 Å². The fourth-order valence-corrected chi connectivity index (χ4v) is 1.89. The average molecular weight is 281 g/mol. The van der Waals surface area contributed by atoms with E-state index in [0.717, 1.165) is 5.69 Å². The molecule has 1 aromatic heterocycles. The summed E-state index contributed by atoms with van der Waals surface area (Å²) < 4.78 is 1.77. The maximum Gasteiger partial charge on any atom is 0.269 e. The van der Waals surface area contributed by atoms with Crippen LogP contribution < -0.4 is 5.32 Å². The molecule has 0 atom stereocenters. The number of halogens is 1. The van der Waals surface area contributed by atoms with Crippen molar-refractivity contribution in [3.05, 3.63) is 56.9 Å². The van der Waals surface area contributed by atoms with Crippen molar-refractivity contribution in [2.45, 2.75) is 13.1 Å². The monoisotopic (exact) mass is 280 g/mol. The first kappa shape index (κ1) is 13.5. The molecule has 0 radical (unpaired) electrons. The Morgan fingerprint density at radius 1 is 1.42 bits per heavy atom. The number of aryl methyl sites for hydroxylation is 1. The van der Waals surface area contributed by atoms with Crippen LogP contribution in [0.15, 0.2) is 30.5 Å². The molecule has 7 heteroatoms. The van der Waals surface area contributed by atoms with Crippen molar-refractivity contribution in [3.8, 4) is 0 Å². The fourth-order valence-electron chi connectivity index (χ4n) is 1.71. The van der Waals surface area contributed by atoms with Gasteiger partial charge < -0.3 is 5.32 Å². The van der Waals surface area contributed by atoms with Gasteiger partial charge in [-0.05, 0) is 17.7 Å². The molecule has 0 amide bonds. The molecule has 1 N–H and O–H groups in total. The molecular weight excluding hydrogens is 268 g/mol. The Balaban J connectivity index is 2.01. The number of non-ortho nitro benzene ring substituents is 1. The number of hydrogen-bond acceptors (Lipinski definition) is 4. The van der Waals surface area contributed by atoms with Gasteiger partial charge in [0.25, 0.3) is 5.69 Å². The first-order valence-corrected chi connectivity index (χ1v) is 6.06. The van der Waals surface area contributed by atoms with Crippen molar-refractivity contribution in [2.24, 2.45) is 7.05 Å². The summed E-state index contributed by atoms with van der Waals surface area (Å²) in [6.45, 7) is 1.08. The lowest BCUT2D eigenvalue weighted by Crippen LogP contribution is -2.15. The van der Waals surface area contributed by atoms with Crippen LogP contribution in [0.5, 0.6) is 0 Å². The molecular formula is C12H13ClN4O2. The molecule has 0 aliphatic heterocycles. The van der Waals surface area contributed by atoms with Crippen molar-refractivity contribution in [2.75, 3.05) is 0 Å². The highest BCUT2D eigenvalue weighted by atomic mass is 35.5. The van der Waals surface area contributed by atoms with Gasteiger partial charge in [0.2, 0.25) is 0 Å². The second kappa shape index (κ2) is 5.81. The van der Waals surface area contributed by atoms with Gasteiger partial charge in [-0.2, -0.15) is 5.10 Å². The summed E-state index contributed by atoms with van der Waals surface area (Å²) in [5.41, 5.74) is 1.78. The van der Waals surface area contributed by atoms with Gasteiger partial charge in [0, 0.05) is 43.5 Å². The molecule has 6 nitrogen and oxygen atoms in total. The highest BCUT2D eigenvalue weighted by Gasteiger charge is 2.09. The van der Waals surface area contributed by atoms with Crippen molar-refractivity contribution in [1.29, 1.82) is 0 Å². The zero-order chi connectivity index (χ0) is 13.8.